The molecule has 1 nitrogen and oxygen atoms in total. The van der Waals surface area contributed by atoms with Crippen LogP contribution < -0.4 is 0 Å². The number of rotatable bonds is 2. The Morgan fingerprint density at radius 1 is 1.54 bits per heavy atom. The molecule has 0 saturated carbocycles. The zero-order chi connectivity index (χ0) is 9.68. The molecule has 0 unspecified atom stereocenters. The molecular formula is C11H10ClN. The number of hydrogen-bond donors (Lipinski definition) is 0. The molecule has 13 heavy (non-hydrogen) atoms. The molecule has 0 N–H and O–H groups in total. The largest absolute Gasteiger partial charge is 0.192 e. The second-order valence-electron chi connectivity index (χ2n) is 2.76. The molecule has 66 valence electrons. The fraction of sp³-hybridized carbons (Fsp3) is 0.182. The van der Waals surface area contributed by atoms with Gasteiger partial charge in [-0.1, -0.05) is 29.8 Å². The molecule has 0 spiro atoms. The van der Waals surface area contributed by atoms with Gasteiger partial charge >= 0.3 is 0 Å². The SMILES string of the molecule is Cc1ccc(C#N)c(C=CCCl)c1. The van der Waals surface area contributed by atoms with Gasteiger partial charge < -0.3 is 0 Å². The minimum atomic E-state index is 0.471. The van der Waals surface area contributed by atoms with Crippen LogP contribution in [-0.4, -0.2) is 5.88 Å². The molecule has 0 aliphatic carbocycles. The maximum atomic E-state index is 8.79. The van der Waals surface area contributed by atoms with Gasteiger partial charge in [-0.05, 0) is 18.6 Å². The van der Waals surface area contributed by atoms with Crippen molar-refractivity contribution >= 4 is 17.7 Å². The number of aryl methyl sites for hydroxylation is 1. The van der Waals surface area contributed by atoms with Crippen LogP contribution in [0.1, 0.15) is 16.7 Å². The van der Waals surface area contributed by atoms with Crippen LogP contribution >= 0.6 is 11.6 Å². The van der Waals surface area contributed by atoms with Gasteiger partial charge in [0.1, 0.15) is 0 Å². The minimum absolute atomic E-state index is 0.471. The molecule has 0 heterocycles. The number of benzene rings is 1. The van der Waals surface area contributed by atoms with E-state index in [0.29, 0.717) is 11.4 Å². The van der Waals surface area contributed by atoms with Crippen LogP contribution in [-0.2, 0) is 0 Å². The van der Waals surface area contributed by atoms with E-state index in [1.807, 2.05) is 37.3 Å². The molecule has 1 aromatic rings. The van der Waals surface area contributed by atoms with Crippen molar-refractivity contribution in [1.82, 2.24) is 0 Å². The zero-order valence-electron chi connectivity index (χ0n) is 7.42. The van der Waals surface area contributed by atoms with Gasteiger partial charge in [0.05, 0.1) is 11.6 Å². The lowest BCUT2D eigenvalue weighted by Crippen LogP contribution is -1.83. The van der Waals surface area contributed by atoms with Crippen molar-refractivity contribution < 1.29 is 0 Å². The number of hydrogen-bond acceptors (Lipinski definition) is 1. The molecule has 0 saturated heterocycles. The molecule has 1 rings (SSSR count). The highest BCUT2D eigenvalue weighted by Crippen LogP contribution is 2.12. The third-order valence-corrected chi connectivity index (χ3v) is 1.89. The Hall–Kier alpha value is -1.26. The van der Waals surface area contributed by atoms with Gasteiger partial charge in [0.25, 0.3) is 0 Å². The van der Waals surface area contributed by atoms with Crippen molar-refractivity contribution in [3.8, 4) is 6.07 Å². The van der Waals surface area contributed by atoms with E-state index in [4.69, 9.17) is 16.9 Å². The summed E-state index contributed by atoms with van der Waals surface area (Å²) in [4.78, 5) is 0. The summed E-state index contributed by atoms with van der Waals surface area (Å²) in [7, 11) is 0. The van der Waals surface area contributed by atoms with Crippen molar-refractivity contribution in [3.05, 3.63) is 41.0 Å². The Kier molecular flexibility index (Phi) is 3.54. The Balaban J connectivity index is 3.10. The average Bonchev–Trinajstić information content (AvgIpc) is 2.15. The van der Waals surface area contributed by atoms with Crippen molar-refractivity contribution in [1.29, 1.82) is 5.26 Å². The molecule has 1 aromatic carbocycles. The van der Waals surface area contributed by atoms with Crippen LogP contribution in [0.2, 0.25) is 0 Å². The maximum Gasteiger partial charge on any atom is 0.0997 e. The van der Waals surface area contributed by atoms with E-state index < -0.39 is 0 Å². The van der Waals surface area contributed by atoms with E-state index in [9.17, 15) is 0 Å². The molecule has 0 atom stereocenters. The van der Waals surface area contributed by atoms with Crippen LogP contribution in [0.25, 0.3) is 6.08 Å². The molecule has 2 heteroatoms. The monoisotopic (exact) mass is 191 g/mol. The number of alkyl halides is 1. The summed E-state index contributed by atoms with van der Waals surface area (Å²) >= 11 is 5.52. The lowest BCUT2D eigenvalue weighted by molar-refractivity contribution is 1.41. The van der Waals surface area contributed by atoms with Crippen LogP contribution in [0, 0.1) is 18.3 Å². The number of nitrogens with zero attached hydrogens (tertiary/aromatic N) is 1. The lowest BCUT2D eigenvalue weighted by atomic mass is 10.1. The number of halogens is 1. The standard InChI is InChI=1S/C11H10ClN/c1-9-4-5-11(8-13)10(7-9)3-2-6-12/h2-5,7H,6H2,1H3. The second-order valence-corrected chi connectivity index (χ2v) is 3.07. The molecule has 0 amide bonds. The first-order valence-electron chi connectivity index (χ1n) is 4.01. The van der Waals surface area contributed by atoms with Crippen molar-refractivity contribution in [3.63, 3.8) is 0 Å². The summed E-state index contributed by atoms with van der Waals surface area (Å²) < 4.78 is 0. The van der Waals surface area contributed by atoms with E-state index in [-0.39, 0.29) is 0 Å². The molecule has 0 aliphatic heterocycles. The summed E-state index contributed by atoms with van der Waals surface area (Å²) in [6.07, 6.45) is 3.70. The first kappa shape index (κ1) is 9.83. The molecule has 0 fully saturated rings. The fourth-order valence-corrected chi connectivity index (χ4v) is 1.18. The topological polar surface area (TPSA) is 23.8 Å². The average molecular weight is 192 g/mol. The predicted molar refractivity (Wildman–Crippen MR) is 55.6 cm³/mol. The lowest BCUT2D eigenvalue weighted by Gasteiger charge is -1.98. The Labute approximate surface area is 83.3 Å². The van der Waals surface area contributed by atoms with Gasteiger partial charge in [-0.25, -0.2) is 0 Å². The van der Waals surface area contributed by atoms with Gasteiger partial charge in [0.15, 0.2) is 0 Å². The van der Waals surface area contributed by atoms with Crippen LogP contribution in [0.4, 0.5) is 0 Å². The normalized spacial score (nSPS) is 10.2. The van der Waals surface area contributed by atoms with Gasteiger partial charge in [-0.2, -0.15) is 5.26 Å². The minimum Gasteiger partial charge on any atom is -0.192 e. The van der Waals surface area contributed by atoms with Gasteiger partial charge in [-0.15, -0.1) is 11.6 Å². The van der Waals surface area contributed by atoms with Crippen molar-refractivity contribution in [2.24, 2.45) is 0 Å². The van der Waals surface area contributed by atoms with Gasteiger partial charge in [0, 0.05) is 5.88 Å². The number of nitriles is 1. The van der Waals surface area contributed by atoms with Crippen LogP contribution in [0.15, 0.2) is 24.3 Å². The molecule has 0 aromatic heterocycles. The maximum absolute atomic E-state index is 8.79. The summed E-state index contributed by atoms with van der Waals surface area (Å²) in [5, 5.41) is 8.79. The summed E-state index contributed by atoms with van der Waals surface area (Å²) in [5.41, 5.74) is 2.77. The molecular weight excluding hydrogens is 182 g/mol. The Morgan fingerprint density at radius 2 is 2.31 bits per heavy atom. The summed E-state index contributed by atoms with van der Waals surface area (Å²) in [6, 6.07) is 7.86. The summed E-state index contributed by atoms with van der Waals surface area (Å²) in [6.45, 7) is 2.00. The van der Waals surface area contributed by atoms with Crippen LogP contribution in [0.3, 0.4) is 0 Å². The number of allylic oxidation sites excluding steroid dienone is 1. The first-order chi connectivity index (χ1) is 6.27. The highest BCUT2D eigenvalue weighted by molar-refractivity contribution is 6.19. The molecule has 0 aliphatic rings. The smallest absolute Gasteiger partial charge is 0.0997 e. The van der Waals surface area contributed by atoms with Crippen molar-refractivity contribution in [2.45, 2.75) is 6.92 Å². The van der Waals surface area contributed by atoms with E-state index in [1.165, 1.54) is 0 Å². The predicted octanol–water partition coefficient (Wildman–Crippen LogP) is 3.12. The summed E-state index contributed by atoms with van der Waals surface area (Å²) in [5.74, 6) is 0.471. The zero-order valence-corrected chi connectivity index (χ0v) is 8.17. The first-order valence-corrected chi connectivity index (χ1v) is 4.54. The Morgan fingerprint density at radius 3 is 2.92 bits per heavy atom. The van der Waals surface area contributed by atoms with Gasteiger partial charge in [0.2, 0.25) is 0 Å². The fourth-order valence-electron chi connectivity index (χ4n) is 1.09. The molecule has 0 radical (unpaired) electrons. The van der Waals surface area contributed by atoms with E-state index in [0.717, 1.165) is 11.1 Å². The highest BCUT2D eigenvalue weighted by Gasteiger charge is 1.97. The van der Waals surface area contributed by atoms with Crippen molar-refractivity contribution in [2.75, 3.05) is 5.88 Å². The Bertz CT molecular complexity index is 361. The quantitative estimate of drug-likeness (QED) is 0.659. The van der Waals surface area contributed by atoms with Gasteiger partial charge in [-0.3, -0.25) is 0 Å². The second kappa shape index (κ2) is 4.69. The van der Waals surface area contributed by atoms with E-state index in [2.05, 4.69) is 6.07 Å². The van der Waals surface area contributed by atoms with Crippen LogP contribution in [0.5, 0.6) is 0 Å². The van der Waals surface area contributed by atoms with E-state index in [1.54, 1.807) is 0 Å². The highest BCUT2D eigenvalue weighted by atomic mass is 35.5. The third-order valence-electron chi connectivity index (χ3n) is 1.71. The molecule has 0 bridgehead atoms. The van der Waals surface area contributed by atoms with E-state index >= 15 is 0 Å². The third kappa shape index (κ3) is 2.61.